The summed E-state index contributed by atoms with van der Waals surface area (Å²) in [4.78, 5) is 25.1. The normalized spacial score (nSPS) is 14.3. The number of benzene rings is 2. The SMILES string of the molecule is C[C@@H](OC(=O)c1cc(C2CC2)nn1-c1ccccc1)C(=O)Nc1ccccc1. The summed E-state index contributed by atoms with van der Waals surface area (Å²) in [6, 6.07) is 20.3. The third-order valence-corrected chi connectivity index (χ3v) is 4.63. The number of hydrogen-bond donors (Lipinski definition) is 1. The van der Waals surface area contributed by atoms with E-state index in [4.69, 9.17) is 4.74 Å². The van der Waals surface area contributed by atoms with Gasteiger partial charge < -0.3 is 10.1 Å². The van der Waals surface area contributed by atoms with E-state index in [0.29, 0.717) is 17.3 Å². The van der Waals surface area contributed by atoms with Crippen LogP contribution >= 0.6 is 0 Å². The highest BCUT2D eigenvalue weighted by Crippen LogP contribution is 2.39. The topological polar surface area (TPSA) is 73.2 Å². The van der Waals surface area contributed by atoms with Gasteiger partial charge in [-0.1, -0.05) is 36.4 Å². The lowest BCUT2D eigenvalue weighted by Gasteiger charge is -2.14. The Bertz CT molecular complexity index is 979. The van der Waals surface area contributed by atoms with Gasteiger partial charge in [-0.25, -0.2) is 9.48 Å². The van der Waals surface area contributed by atoms with Crippen LogP contribution in [0.15, 0.2) is 66.7 Å². The van der Waals surface area contributed by atoms with Crippen molar-refractivity contribution in [1.82, 2.24) is 9.78 Å². The van der Waals surface area contributed by atoms with Crippen LogP contribution in [0.5, 0.6) is 0 Å². The van der Waals surface area contributed by atoms with Gasteiger partial charge in [0.15, 0.2) is 11.8 Å². The number of aromatic nitrogens is 2. The maximum absolute atomic E-state index is 12.8. The molecule has 0 spiro atoms. The summed E-state index contributed by atoms with van der Waals surface area (Å²) >= 11 is 0. The zero-order valence-corrected chi connectivity index (χ0v) is 15.5. The van der Waals surface area contributed by atoms with E-state index < -0.39 is 12.1 Å². The van der Waals surface area contributed by atoms with Crippen LogP contribution in [0.2, 0.25) is 0 Å². The first-order valence-electron chi connectivity index (χ1n) is 9.34. The molecule has 28 heavy (non-hydrogen) atoms. The molecule has 1 saturated carbocycles. The molecule has 4 rings (SSSR count). The second-order valence-electron chi connectivity index (χ2n) is 6.88. The van der Waals surface area contributed by atoms with E-state index in [0.717, 1.165) is 24.2 Å². The van der Waals surface area contributed by atoms with Crippen molar-refractivity contribution in [3.05, 3.63) is 78.1 Å². The highest BCUT2D eigenvalue weighted by molar-refractivity contribution is 5.97. The number of esters is 1. The largest absolute Gasteiger partial charge is 0.448 e. The van der Waals surface area contributed by atoms with Gasteiger partial charge in [-0.15, -0.1) is 0 Å². The predicted molar refractivity (Wildman–Crippen MR) is 105 cm³/mol. The number of rotatable bonds is 6. The van der Waals surface area contributed by atoms with Crippen LogP contribution in [0.3, 0.4) is 0 Å². The lowest BCUT2D eigenvalue weighted by atomic mass is 10.2. The van der Waals surface area contributed by atoms with Crippen LogP contribution in [-0.2, 0) is 9.53 Å². The average molecular weight is 375 g/mol. The average Bonchev–Trinajstić information content (AvgIpc) is 3.47. The molecule has 1 fully saturated rings. The molecule has 1 amide bonds. The Kier molecular flexibility index (Phi) is 4.93. The van der Waals surface area contributed by atoms with E-state index in [1.807, 2.05) is 48.5 Å². The first-order valence-corrected chi connectivity index (χ1v) is 9.34. The maximum atomic E-state index is 12.8. The predicted octanol–water partition coefficient (Wildman–Crippen LogP) is 3.93. The molecule has 0 bridgehead atoms. The third kappa shape index (κ3) is 3.96. The number of carbonyl (C=O) groups is 2. The molecule has 1 heterocycles. The number of ether oxygens (including phenoxy) is 1. The zero-order chi connectivity index (χ0) is 19.5. The van der Waals surface area contributed by atoms with E-state index >= 15 is 0 Å². The Balaban J connectivity index is 1.52. The number of para-hydroxylation sites is 2. The Morgan fingerprint density at radius 1 is 1.07 bits per heavy atom. The Labute approximate surface area is 163 Å². The molecule has 1 atom stereocenters. The minimum Gasteiger partial charge on any atom is -0.448 e. The third-order valence-electron chi connectivity index (χ3n) is 4.63. The molecular weight excluding hydrogens is 354 g/mol. The molecule has 1 aromatic heterocycles. The summed E-state index contributed by atoms with van der Waals surface area (Å²) in [5.41, 5.74) is 2.65. The molecule has 0 saturated heterocycles. The molecule has 6 nitrogen and oxygen atoms in total. The van der Waals surface area contributed by atoms with E-state index in [-0.39, 0.29) is 5.91 Å². The maximum Gasteiger partial charge on any atom is 0.357 e. The summed E-state index contributed by atoms with van der Waals surface area (Å²) in [7, 11) is 0. The molecule has 142 valence electrons. The van der Waals surface area contributed by atoms with Crippen LogP contribution < -0.4 is 5.32 Å². The van der Waals surface area contributed by atoms with Crippen LogP contribution in [0.4, 0.5) is 5.69 Å². The van der Waals surface area contributed by atoms with Gasteiger partial charge in [-0.05, 0) is 50.1 Å². The number of nitrogens with zero attached hydrogens (tertiary/aromatic N) is 2. The second-order valence-corrected chi connectivity index (χ2v) is 6.88. The summed E-state index contributed by atoms with van der Waals surface area (Å²) in [6.07, 6.45) is 1.23. The molecular formula is C22H21N3O3. The summed E-state index contributed by atoms with van der Waals surface area (Å²) in [5, 5.41) is 7.34. The molecule has 1 aliphatic rings. The quantitative estimate of drug-likeness (QED) is 0.663. The zero-order valence-electron chi connectivity index (χ0n) is 15.5. The van der Waals surface area contributed by atoms with E-state index in [9.17, 15) is 9.59 Å². The minimum atomic E-state index is -0.934. The number of nitrogens with one attached hydrogen (secondary N) is 1. The van der Waals surface area contributed by atoms with Gasteiger partial charge in [0.25, 0.3) is 5.91 Å². The smallest absolute Gasteiger partial charge is 0.357 e. The molecule has 3 aromatic rings. The lowest BCUT2D eigenvalue weighted by Crippen LogP contribution is -2.30. The summed E-state index contributed by atoms with van der Waals surface area (Å²) in [5.74, 6) is -0.554. The fourth-order valence-electron chi connectivity index (χ4n) is 2.93. The Morgan fingerprint density at radius 2 is 1.71 bits per heavy atom. The standard InChI is InChI=1S/C22H21N3O3/c1-15(21(26)23-17-8-4-2-5-9-17)28-22(27)20-14-19(16-12-13-16)24-25(20)18-10-6-3-7-11-18/h2-11,14-16H,12-13H2,1H3,(H,23,26)/t15-/m1/s1. The van der Waals surface area contributed by atoms with Crippen LogP contribution in [-0.4, -0.2) is 27.8 Å². The van der Waals surface area contributed by atoms with E-state index in [1.165, 1.54) is 0 Å². The fourth-order valence-corrected chi connectivity index (χ4v) is 2.93. The fraction of sp³-hybridized carbons (Fsp3) is 0.227. The van der Waals surface area contributed by atoms with Gasteiger partial charge in [0, 0.05) is 11.6 Å². The van der Waals surface area contributed by atoms with Gasteiger partial charge >= 0.3 is 5.97 Å². The van der Waals surface area contributed by atoms with Crippen molar-refractivity contribution in [2.24, 2.45) is 0 Å². The summed E-state index contributed by atoms with van der Waals surface area (Å²) in [6.45, 7) is 1.56. The Morgan fingerprint density at radius 3 is 2.36 bits per heavy atom. The Hall–Kier alpha value is -3.41. The summed E-state index contributed by atoms with van der Waals surface area (Å²) < 4.78 is 7.03. The van der Waals surface area contributed by atoms with Gasteiger partial charge in [0.1, 0.15) is 0 Å². The van der Waals surface area contributed by atoms with Crippen LogP contribution in [0.25, 0.3) is 5.69 Å². The van der Waals surface area contributed by atoms with Crippen LogP contribution in [0, 0.1) is 0 Å². The second kappa shape index (κ2) is 7.68. The number of carbonyl (C=O) groups excluding carboxylic acids is 2. The first-order chi connectivity index (χ1) is 13.6. The van der Waals surface area contributed by atoms with Gasteiger partial charge in [-0.2, -0.15) is 5.10 Å². The molecule has 0 aliphatic heterocycles. The molecule has 1 aliphatic carbocycles. The first kappa shape index (κ1) is 18.0. The molecule has 0 unspecified atom stereocenters. The molecule has 0 radical (unpaired) electrons. The molecule has 2 aromatic carbocycles. The van der Waals surface area contributed by atoms with E-state index in [2.05, 4.69) is 10.4 Å². The van der Waals surface area contributed by atoms with Crippen molar-refractivity contribution in [3.8, 4) is 5.69 Å². The number of amides is 1. The lowest BCUT2D eigenvalue weighted by molar-refractivity contribution is -0.123. The van der Waals surface area contributed by atoms with Crippen molar-refractivity contribution in [2.45, 2.75) is 31.8 Å². The molecule has 6 heteroatoms. The van der Waals surface area contributed by atoms with Crippen molar-refractivity contribution in [1.29, 1.82) is 0 Å². The van der Waals surface area contributed by atoms with Crippen LogP contribution in [0.1, 0.15) is 41.9 Å². The van der Waals surface area contributed by atoms with Gasteiger partial charge in [0.2, 0.25) is 0 Å². The van der Waals surface area contributed by atoms with Crippen molar-refractivity contribution < 1.29 is 14.3 Å². The monoisotopic (exact) mass is 375 g/mol. The minimum absolute atomic E-state index is 0.326. The van der Waals surface area contributed by atoms with Gasteiger partial charge in [-0.3, -0.25) is 4.79 Å². The highest BCUT2D eigenvalue weighted by atomic mass is 16.5. The van der Waals surface area contributed by atoms with Crippen molar-refractivity contribution >= 4 is 17.6 Å². The number of anilines is 1. The van der Waals surface area contributed by atoms with Crippen molar-refractivity contribution in [3.63, 3.8) is 0 Å². The van der Waals surface area contributed by atoms with Gasteiger partial charge in [0.05, 0.1) is 11.4 Å². The number of hydrogen-bond acceptors (Lipinski definition) is 4. The molecule has 1 N–H and O–H groups in total. The highest BCUT2D eigenvalue weighted by Gasteiger charge is 2.30. The van der Waals surface area contributed by atoms with E-state index in [1.54, 1.807) is 29.8 Å². The van der Waals surface area contributed by atoms with Crippen molar-refractivity contribution in [2.75, 3.05) is 5.32 Å².